The zero-order valence-electron chi connectivity index (χ0n) is 10.2. The Morgan fingerprint density at radius 1 is 1.41 bits per heavy atom. The molecule has 0 aromatic carbocycles. The average Bonchev–Trinajstić information content (AvgIpc) is 2.54. The highest BCUT2D eigenvalue weighted by Crippen LogP contribution is 2.14. The quantitative estimate of drug-likeness (QED) is 0.852. The Kier molecular flexibility index (Phi) is 4.09. The fourth-order valence-electron chi connectivity index (χ4n) is 2.24. The topological polar surface area (TPSA) is 45.2 Å². The Bertz CT molecular complexity index is 366. The Balaban J connectivity index is 2.06. The molecule has 0 saturated carbocycles. The minimum atomic E-state index is -0.0145. The first-order valence-corrected chi connectivity index (χ1v) is 6.16. The molecule has 1 aromatic rings. The second kappa shape index (κ2) is 5.77. The van der Waals surface area contributed by atoms with Crippen molar-refractivity contribution < 1.29 is 4.79 Å². The van der Waals surface area contributed by atoms with E-state index < -0.39 is 0 Å². The average molecular weight is 233 g/mol. The summed E-state index contributed by atoms with van der Waals surface area (Å²) in [7, 11) is 1.86. The van der Waals surface area contributed by atoms with Gasteiger partial charge in [0.05, 0.1) is 6.04 Å². The Morgan fingerprint density at radius 3 is 2.88 bits per heavy atom. The van der Waals surface area contributed by atoms with Gasteiger partial charge < -0.3 is 10.2 Å². The van der Waals surface area contributed by atoms with Crippen LogP contribution in [-0.2, 0) is 11.3 Å². The van der Waals surface area contributed by atoms with Crippen molar-refractivity contribution in [2.45, 2.75) is 31.8 Å². The second-order valence-corrected chi connectivity index (χ2v) is 4.45. The third kappa shape index (κ3) is 3.03. The van der Waals surface area contributed by atoms with E-state index in [1.54, 1.807) is 12.4 Å². The molecule has 1 unspecified atom stereocenters. The smallest absolute Gasteiger partial charge is 0.239 e. The molecule has 17 heavy (non-hydrogen) atoms. The van der Waals surface area contributed by atoms with E-state index in [0.717, 1.165) is 31.4 Å². The van der Waals surface area contributed by atoms with Gasteiger partial charge in [0.1, 0.15) is 0 Å². The lowest BCUT2D eigenvalue weighted by Gasteiger charge is -2.24. The van der Waals surface area contributed by atoms with E-state index in [4.69, 9.17) is 0 Å². The lowest BCUT2D eigenvalue weighted by Crippen LogP contribution is -2.43. The van der Waals surface area contributed by atoms with E-state index in [-0.39, 0.29) is 11.9 Å². The number of hydrogen-bond donors (Lipinski definition) is 1. The van der Waals surface area contributed by atoms with Gasteiger partial charge in [0.25, 0.3) is 0 Å². The van der Waals surface area contributed by atoms with Gasteiger partial charge in [-0.15, -0.1) is 0 Å². The minimum Gasteiger partial charge on any atom is -0.337 e. The molecule has 0 spiro atoms. The van der Waals surface area contributed by atoms with Gasteiger partial charge in [-0.25, -0.2) is 0 Å². The molecule has 2 rings (SSSR count). The number of pyridine rings is 1. The number of nitrogens with one attached hydrogen (secondary N) is 1. The number of aromatic nitrogens is 1. The number of carbonyl (C=O) groups is 1. The highest BCUT2D eigenvalue weighted by atomic mass is 16.2. The van der Waals surface area contributed by atoms with Crippen LogP contribution in [0.25, 0.3) is 0 Å². The maximum Gasteiger partial charge on any atom is 0.239 e. The van der Waals surface area contributed by atoms with Crippen molar-refractivity contribution in [3.05, 3.63) is 30.1 Å². The minimum absolute atomic E-state index is 0.0145. The van der Waals surface area contributed by atoms with Gasteiger partial charge in [0.2, 0.25) is 5.91 Å². The molecular formula is C13H19N3O. The van der Waals surface area contributed by atoms with Crippen molar-refractivity contribution in [2.75, 3.05) is 13.6 Å². The van der Waals surface area contributed by atoms with Crippen molar-refractivity contribution in [2.24, 2.45) is 0 Å². The molecule has 1 N–H and O–H groups in total. The van der Waals surface area contributed by atoms with Crippen LogP contribution in [0.15, 0.2) is 24.5 Å². The molecule has 4 nitrogen and oxygen atoms in total. The maximum atomic E-state index is 12.2. The summed E-state index contributed by atoms with van der Waals surface area (Å²) in [6.07, 6.45) is 6.70. The number of likely N-dealkylation sites (N-methyl/N-ethyl adjacent to an activating group) is 1. The van der Waals surface area contributed by atoms with Gasteiger partial charge >= 0.3 is 0 Å². The molecule has 1 fully saturated rings. The van der Waals surface area contributed by atoms with Crippen molar-refractivity contribution in [3.8, 4) is 0 Å². The van der Waals surface area contributed by atoms with E-state index in [9.17, 15) is 4.79 Å². The number of hydrogen-bond acceptors (Lipinski definition) is 3. The Hall–Kier alpha value is -1.42. The lowest BCUT2D eigenvalue weighted by molar-refractivity contribution is -0.133. The number of likely N-dealkylation sites (tertiary alicyclic amines) is 1. The molecule has 1 atom stereocenters. The number of amides is 1. The van der Waals surface area contributed by atoms with Crippen molar-refractivity contribution in [3.63, 3.8) is 0 Å². The van der Waals surface area contributed by atoms with Crippen molar-refractivity contribution >= 4 is 5.91 Å². The summed E-state index contributed by atoms with van der Waals surface area (Å²) in [5, 5.41) is 3.11. The summed E-state index contributed by atoms with van der Waals surface area (Å²) < 4.78 is 0. The van der Waals surface area contributed by atoms with Gasteiger partial charge in [-0.1, -0.05) is 0 Å². The second-order valence-electron chi connectivity index (χ2n) is 4.45. The van der Waals surface area contributed by atoms with Crippen LogP contribution in [0.5, 0.6) is 0 Å². The van der Waals surface area contributed by atoms with Crippen LogP contribution in [0.3, 0.4) is 0 Å². The van der Waals surface area contributed by atoms with Crippen LogP contribution in [0, 0.1) is 0 Å². The molecular weight excluding hydrogens is 214 g/mol. The van der Waals surface area contributed by atoms with Gasteiger partial charge in [0, 0.05) is 25.5 Å². The highest BCUT2D eigenvalue weighted by molar-refractivity contribution is 5.82. The van der Waals surface area contributed by atoms with Gasteiger partial charge in [-0.05, 0) is 44.0 Å². The zero-order valence-corrected chi connectivity index (χ0v) is 10.2. The van der Waals surface area contributed by atoms with Crippen molar-refractivity contribution in [1.29, 1.82) is 0 Å². The van der Waals surface area contributed by atoms with Gasteiger partial charge in [0.15, 0.2) is 0 Å². The number of rotatable bonds is 3. The Morgan fingerprint density at radius 2 is 2.18 bits per heavy atom. The summed E-state index contributed by atoms with van der Waals surface area (Å²) in [6, 6.07) is 3.92. The molecule has 4 heteroatoms. The molecule has 1 aliphatic rings. The largest absolute Gasteiger partial charge is 0.337 e. The number of carbonyl (C=O) groups excluding carboxylic acids is 1. The fraction of sp³-hybridized carbons (Fsp3) is 0.538. The monoisotopic (exact) mass is 233 g/mol. The summed E-state index contributed by atoms with van der Waals surface area (Å²) >= 11 is 0. The SMILES string of the molecule is CNC1CCCCN(Cc2ccncc2)C1=O. The summed E-state index contributed by atoms with van der Waals surface area (Å²) in [6.45, 7) is 1.55. The summed E-state index contributed by atoms with van der Waals surface area (Å²) in [4.78, 5) is 18.2. The molecule has 0 radical (unpaired) electrons. The fourth-order valence-corrected chi connectivity index (χ4v) is 2.24. The highest BCUT2D eigenvalue weighted by Gasteiger charge is 2.25. The predicted octanol–water partition coefficient (Wildman–Crippen LogP) is 1.18. The van der Waals surface area contributed by atoms with E-state index >= 15 is 0 Å². The summed E-state index contributed by atoms with van der Waals surface area (Å²) in [5.74, 6) is 0.224. The van der Waals surface area contributed by atoms with Gasteiger partial charge in [-0.2, -0.15) is 0 Å². The molecule has 1 amide bonds. The van der Waals surface area contributed by atoms with E-state index in [2.05, 4.69) is 10.3 Å². The Labute approximate surface area is 102 Å². The number of nitrogens with zero attached hydrogens (tertiary/aromatic N) is 2. The van der Waals surface area contributed by atoms with Crippen LogP contribution < -0.4 is 5.32 Å². The molecule has 1 aromatic heterocycles. The predicted molar refractivity (Wildman–Crippen MR) is 66.4 cm³/mol. The van der Waals surface area contributed by atoms with E-state index in [1.165, 1.54) is 0 Å². The summed E-state index contributed by atoms with van der Waals surface area (Å²) in [5.41, 5.74) is 1.14. The molecule has 2 heterocycles. The third-order valence-corrected chi connectivity index (χ3v) is 3.25. The van der Waals surface area contributed by atoms with Crippen LogP contribution in [-0.4, -0.2) is 35.4 Å². The molecule has 1 saturated heterocycles. The first-order chi connectivity index (χ1) is 8.31. The molecule has 0 bridgehead atoms. The lowest BCUT2D eigenvalue weighted by atomic mass is 10.1. The normalized spacial score (nSPS) is 21.4. The molecule has 0 aliphatic carbocycles. The molecule has 1 aliphatic heterocycles. The first kappa shape index (κ1) is 12.0. The van der Waals surface area contributed by atoms with Crippen LogP contribution in [0.2, 0.25) is 0 Å². The van der Waals surface area contributed by atoms with Crippen LogP contribution in [0.1, 0.15) is 24.8 Å². The zero-order chi connectivity index (χ0) is 12.1. The first-order valence-electron chi connectivity index (χ1n) is 6.16. The van der Waals surface area contributed by atoms with Gasteiger partial charge in [-0.3, -0.25) is 9.78 Å². The molecule has 92 valence electrons. The third-order valence-electron chi connectivity index (χ3n) is 3.25. The van der Waals surface area contributed by atoms with Crippen molar-refractivity contribution in [1.82, 2.24) is 15.2 Å². The van der Waals surface area contributed by atoms with E-state index in [1.807, 2.05) is 24.1 Å². The van der Waals surface area contributed by atoms with Crippen LogP contribution in [0.4, 0.5) is 0 Å². The standard InChI is InChI=1S/C13H19N3O/c1-14-12-4-2-3-9-16(13(12)17)10-11-5-7-15-8-6-11/h5-8,12,14H,2-4,9-10H2,1H3. The maximum absolute atomic E-state index is 12.2. The van der Waals surface area contributed by atoms with Crippen LogP contribution >= 0.6 is 0 Å². The van der Waals surface area contributed by atoms with E-state index in [0.29, 0.717) is 6.54 Å².